The quantitative estimate of drug-likeness (QED) is 0.690. The Morgan fingerprint density at radius 3 is 3.08 bits per heavy atom. The first-order chi connectivity index (χ1) is 6.27. The third-order valence-corrected chi connectivity index (χ3v) is 1.77. The van der Waals surface area contributed by atoms with Gasteiger partial charge in [0, 0.05) is 19.7 Å². The molecule has 0 spiro atoms. The Kier molecular flexibility index (Phi) is 3.82. The minimum Gasteiger partial charge on any atom is -0.382 e. The predicted molar refractivity (Wildman–Crippen MR) is 46.3 cm³/mol. The largest absolute Gasteiger partial charge is 0.382 e. The van der Waals surface area contributed by atoms with Gasteiger partial charge in [-0.25, -0.2) is 4.68 Å². The number of rotatable bonds is 5. The van der Waals surface area contributed by atoms with E-state index in [1.165, 1.54) is 0 Å². The SMILES string of the molecule is COCC(C)n1cc(CCF)nn1. The molecule has 1 atom stereocenters. The number of aryl methyl sites for hydroxylation is 1. The van der Waals surface area contributed by atoms with Crippen molar-refractivity contribution in [2.75, 3.05) is 20.4 Å². The van der Waals surface area contributed by atoms with E-state index in [0.717, 1.165) is 0 Å². The second-order valence-electron chi connectivity index (χ2n) is 2.93. The lowest BCUT2D eigenvalue weighted by Gasteiger charge is -2.08. The molecule has 1 unspecified atom stereocenters. The fraction of sp³-hybridized carbons (Fsp3) is 0.750. The van der Waals surface area contributed by atoms with Crippen LogP contribution in [0, 0.1) is 0 Å². The van der Waals surface area contributed by atoms with Crippen LogP contribution in [0.25, 0.3) is 0 Å². The Labute approximate surface area is 76.7 Å². The summed E-state index contributed by atoms with van der Waals surface area (Å²) in [6.45, 7) is 2.16. The molecular formula is C8H14FN3O. The van der Waals surface area contributed by atoms with Crippen LogP contribution in [0.2, 0.25) is 0 Å². The minimum absolute atomic E-state index is 0.144. The van der Waals surface area contributed by atoms with Gasteiger partial charge in [-0.2, -0.15) is 0 Å². The number of aromatic nitrogens is 3. The lowest BCUT2D eigenvalue weighted by atomic mass is 10.3. The third-order valence-electron chi connectivity index (χ3n) is 1.77. The van der Waals surface area contributed by atoms with E-state index in [4.69, 9.17) is 4.74 Å². The molecule has 13 heavy (non-hydrogen) atoms. The van der Waals surface area contributed by atoms with Crippen molar-refractivity contribution in [2.24, 2.45) is 0 Å². The van der Waals surface area contributed by atoms with Crippen molar-refractivity contribution >= 4 is 0 Å². The summed E-state index contributed by atoms with van der Waals surface area (Å²) in [7, 11) is 1.63. The highest BCUT2D eigenvalue weighted by atomic mass is 19.1. The molecule has 0 aromatic carbocycles. The maximum Gasteiger partial charge on any atom is 0.0951 e. The monoisotopic (exact) mass is 187 g/mol. The molecule has 0 aliphatic rings. The van der Waals surface area contributed by atoms with Crippen LogP contribution in [0.15, 0.2) is 6.20 Å². The van der Waals surface area contributed by atoms with Crippen LogP contribution in [-0.4, -0.2) is 35.4 Å². The summed E-state index contributed by atoms with van der Waals surface area (Å²) in [6, 6.07) is 0.144. The fourth-order valence-electron chi connectivity index (χ4n) is 1.06. The average Bonchev–Trinajstić information content (AvgIpc) is 2.54. The summed E-state index contributed by atoms with van der Waals surface area (Å²) in [6.07, 6.45) is 2.09. The van der Waals surface area contributed by atoms with Crippen LogP contribution in [-0.2, 0) is 11.2 Å². The van der Waals surface area contributed by atoms with Gasteiger partial charge in [-0.3, -0.25) is 4.39 Å². The molecule has 1 aromatic heterocycles. The summed E-state index contributed by atoms with van der Waals surface area (Å²) in [5.41, 5.74) is 0.686. The van der Waals surface area contributed by atoms with E-state index in [2.05, 4.69) is 10.3 Å². The number of alkyl halides is 1. The Balaban J connectivity index is 2.56. The first kappa shape index (κ1) is 10.1. The molecule has 0 amide bonds. The third kappa shape index (κ3) is 2.77. The Morgan fingerprint density at radius 2 is 2.46 bits per heavy atom. The Hall–Kier alpha value is -0.970. The molecule has 5 heteroatoms. The van der Waals surface area contributed by atoms with E-state index in [9.17, 15) is 4.39 Å². The number of hydrogen-bond acceptors (Lipinski definition) is 3. The maximum absolute atomic E-state index is 11.9. The van der Waals surface area contributed by atoms with Crippen LogP contribution in [0.4, 0.5) is 4.39 Å². The molecule has 0 N–H and O–H groups in total. The highest BCUT2D eigenvalue weighted by Gasteiger charge is 2.06. The number of methoxy groups -OCH3 is 1. The van der Waals surface area contributed by atoms with Crippen molar-refractivity contribution in [3.63, 3.8) is 0 Å². The van der Waals surface area contributed by atoms with Crippen molar-refractivity contribution in [1.82, 2.24) is 15.0 Å². The summed E-state index contributed by atoms with van der Waals surface area (Å²) in [5.74, 6) is 0. The van der Waals surface area contributed by atoms with Gasteiger partial charge in [-0.1, -0.05) is 5.21 Å². The highest BCUT2D eigenvalue weighted by Crippen LogP contribution is 2.04. The average molecular weight is 187 g/mol. The van der Waals surface area contributed by atoms with E-state index in [-0.39, 0.29) is 6.04 Å². The number of nitrogens with zero attached hydrogens (tertiary/aromatic N) is 3. The molecule has 1 rings (SSSR count). The summed E-state index contributed by atoms with van der Waals surface area (Å²) in [5, 5.41) is 7.70. The van der Waals surface area contributed by atoms with Gasteiger partial charge in [0.15, 0.2) is 0 Å². The van der Waals surface area contributed by atoms with Gasteiger partial charge in [-0.15, -0.1) is 5.10 Å². The molecule has 0 saturated heterocycles. The van der Waals surface area contributed by atoms with E-state index < -0.39 is 6.67 Å². The molecule has 1 heterocycles. The molecule has 0 aliphatic heterocycles. The molecule has 1 aromatic rings. The van der Waals surface area contributed by atoms with Gasteiger partial charge in [0.2, 0.25) is 0 Å². The van der Waals surface area contributed by atoms with Gasteiger partial charge < -0.3 is 4.74 Å². The zero-order valence-corrected chi connectivity index (χ0v) is 7.90. The molecule has 4 nitrogen and oxygen atoms in total. The van der Waals surface area contributed by atoms with Crippen LogP contribution in [0.5, 0.6) is 0 Å². The smallest absolute Gasteiger partial charge is 0.0951 e. The molecule has 0 saturated carbocycles. The fourth-order valence-corrected chi connectivity index (χ4v) is 1.06. The first-order valence-electron chi connectivity index (χ1n) is 4.23. The van der Waals surface area contributed by atoms with E-state index in [1.54, 1.807) is 18.0 Å². The van der Waals surface area contributed by atoms with Crippen molar-refractivity contribution in [3.8, 4) is 0 Å². The van der Waals surface area contributed by atoms with Crippen molar-refractivity contribution in [3.05, 3.63) is 11.9 Å². The number of halogens is 1. The summed E-state index contributed by atoms with van der Waals surface area (Å²) in [4.78, 5) is 0. The maximum atomic E-state index is 11.9. The summed E-state index contributed by atoms with van der Waals surface area (Å²) < 4.78 is 18.6. The minimum atomic E-state index is -0.392. The molecule has 0 fully saturated rings. The van der Waals surface area contributed by atoms with Crippen LogP contribution < -0.4 is 0 Å². The number of hydrogen-bond donors (Lipinski definition) is 0. The second kappa shape index (κ2) is 4.91. The van der Waals surface area contributed by atoms with Gasteiger partial charge >= 0.3 is 0 Å². The van der Waals surface area contributed by atoms with Gasteiger partial charge in [0.05, 0.1) is 25.0 Å². The topological polar surface area (TPSA) is 39.9 Å². The van der Waals surface area contributed by atoms with Crippen LogP contribution >= 0.6 is 0 Å². The number of ether oxygens (including phenoxy) is 1. The molecule has 0 bridgehead atoms. The normalized spacial score (nSPS) is 13.2. The Bertz CT molecular complexity index is 251. The van der Waals surface area contributed by atoms with Gasteiger partial charge in [0.25, 0.3) is 0 Å². The van der Waals surface area contributed by atoms with E-state index in [0.29, 0.717) is 18.7 Å². The van der Waals surface area contributed by atoms with Gasteiger partial charge in [0.1, 0.15) is 0 Å². The van der Waals surface area contributed by atoms with Crippen molar-refractivity contribution in [1.29, 1.82) is 0 Å². The zero-order valence-electron chi connectivity index (χ0n) is 7.90. The van der Waals surface area contributed by atoms with Crippen molar-refractivity contribution < 1.29 is 9.13 Å². The van der Waals surface area contributed by atoms with Gasteiger partial charge in [-0.05, 0) is 6.92 Å². The van der Waals surface area contributed by atoms with Crippen molar-refractivity contribution in [2.45, 2.75) is 19.4 Å². The lowest BCUT2D eigenvalue weighted by Crippen LogP contribution is -2.11. The predicted octanol–water partition coefficient (Wildman–Crippen LogP) is 0.998. The zero-order chi connectivity index (χ0) is 9.68. The lowest BCUT2D eigenvalue weighted by molar-refractivity contribution is 0.156. The highest BCUT2D eigenvalue weighted by molar-refractivity contribution is 4.93. The Morgan fingerprint density at radius 1 is 1.69 bits per heavy atom. The summed E-state index contributed by atoms with van der Waals surface area (Å²) >= 11 is 0. The molecule has 0 aliphatic carbocycles. The first-order valence-corrected chi connectivity index (χ1v) is 4.23. The molecule has 74 valence electrons. The molecular weight excluding hydrogens is 173 g/mol. The standard InChI is InChI=1S/C8H14FN3O/c1-7(6-13-2)12-5-8(3-4-9)10-11-12/h5,7H,3-4,6H2,1-2H3. The van der Waals surface area contributed by atoms with Crippen LogP contribution in [0.3, 0.4) is 0 Å². The second-order valence-corrected chi connectivity index (χ2v) is 2.93. The molecule has 0 radical (unpaired) electrons. The van der Waals surface area contributed by atoms with E-state index in [1.807, 2.05) is 6.92 Å². The van der Waals surface area contributed by atoms with E-state index >= 15 is 0 Å². The van der Waals surface area contributed by atoms with Crippen LogP contribution in [0.1, 0.15) is 18.7 Å².